The van der Waals surface area contributed by atoms with Crippen LogP contribution in [0.5, 0.6) is 5.88 Å². The predicted octanol–water partition coefficient (Wildman–Crippen LogP) is 2.90. The van der Waals surface area contributed by atoms with E-state index in [4.69, 9.17) is 15.4 Å². The van der Waals surface area contributed by atoms with E-state index in [1.54, 1.807) is 17.8 Å². The van der Waals surface area contributed by atoms with Gasteiger partial charge in [-0.3, -0.25) is 14.5 Å². The van der Waals surface area contributed by atoms with E-state index in [-0.39, 0.29) is 34.3 Å². The van der Waals surface area contributed by atoms with E-state index >= 15 is 0 Å². The molecule has 0 aromatic carbocycles. The first-order valence-electron chi connectivity index (χ1n) is 10.3. The molecule has 0 saturated heterocycles. The fourth-order valence-electron chi connectivity index (χ4n) is 3.44. The van der Waals surface area contributed by atoms with E-state index in [0.29, 0.717) is 18.5 Å². The molecular formula is C21H21ClN6O4S. The van der Waals surface area contributed by atoms with Gasteiger partial charge in [0.1, 0.15) is 16.2 Å². The number of fused-ring (bicyclic) bond motifs is 1. The number of hydrogen-bond acceptors (Lipinski definition) is 8. The van der Waals surface area contributed by atoms with E-state index in [9.17, 15) is 13.2 Å². The monoisotopic (exact) mass is 488 g/mol. The van der Waals surface area contributed by atoms with Gasteiger partial charge in [0.25, 0.3) is 14.6 Å². The minimum atomic E-state index is -4.05. The Labute approximate surface area is 194 Å². The van der Waals surface area contributed by atoms with Crippen molar-refractivity contribution in [1.29, 1.82) is 0 Å². The summed E-state index contributed by atoms with van der Waals surface area (Å²) in [7, 11) is 1.45. The molecule has 0 aliphatic heterocycles. The molecule has 4 heterocycles. The summed E-state index contributed by atoms with van der Waals surface area (Å²) in [6.45, 7) is 4.44. The lowest BCUT2D eigenvalue weighted by Gasteiger charge is -2.10. The van der Waals surface area contributed by atoms with E-state index in [2.05, 4.69) is 25.0 Å². The van der Waals surface area contributed by atoms with Gasteiger partial charge in [-0.25, -0.2) is 18.4 Å². The van der Waals surface area contributed by atoms with Crippen molar-refractivity contribution in [2.45, 2.75) is 38.1 Å². The number of ether oxygens (including phenoxy) is 1. The van der Waals surface area contributed by atoms with Crippen LogP contribution < -0.4 is 10.3 Å². The summed E-state index contributed by atoms with van der Waals surface area (Å²) < 4.78 is 31.0. The maximum absolute atomic E-state index is 13.0. The number of pyridine rings is 2. The number of nitrogens with zero attached hydrogens (tertiary/aromatic N) is 5. The highest BCUT2D eigenvalue weighted by Gasteiger charge is 2.21. The molecule has 0 unspecified atom stereocenters. The normalized spacial score (nSPS) is 11.7. The topological polar surface area (TPSA) is 133 Å². The summed E-state index contributed by atoms with van der Waals surface area (Å²) >= 11 is 0. The number of aromatic nitrogens is 6. The average molecular weight is 489 g/mol. The molecule has 0 fully saturated rings. The quantitative estimate of drug-likeness (QED) is 0.374. The summed E-state index contributed by atoms with van der Waals surface area (Å²) in [5.74, 6) is 0.238. The zero-order valence-electron chi connectivity index (χ0n) is 17.9. The molecule has 0 aliphatic carbocycles. The summed E-state index contributed by atoms with van der Waals surface area (Å²) in [6.07, 6.45) is 4.23. The van der Waals surface area contributed by atoms with Gasteiger partial charge in [-0.1, -0.05) is 19.4 Å². The zero-order valence-corrected chi connectivity index (χ0v) is 19.5. The lowest BCUT2D eigenvalue weighted by molar-refractivity contribution is 0.327. The zero-order chi connectivity index (χ0) is 23.6. The van der Waals surface area contributed by atoms with Gasteiger partial charge in [0.2, 0.25) is 5.88 Å². The van der Waals surface area contributed by atoms with Crippen LogP contribution in [-0.4, -0.2) is 44.7 Å². The summed E-state index contributed by atoms with van der Waals surface area (Å²) in [4.78, 5) is 28.4. The highest BCUT2D eigenvalue weighted by molar-refractivity contribution is 8.13. The highest BCUT2D eigenvalue weighted by atomic mass is 35.7. The number of nitrogens with one attached hydrogen (secondary N) is 1. The molecule has 10 nitrogen and oxygen atoms in total. The van der Waals surface area contributed by atoms with Gasteiger partial charge in [0.05, 0.1) is 36.3 Å². The SMILES string of the molecule is CCCc1c2nc(-c3cc(S(=O)(=O)Cl)cnc3OCC)[nH]c(=O)c2nn1Cc1ccccn1. The molecule has 4 rings (SSSR count). The van der Waals surface area contributed by atoms with Crippen molar-refractivity contribution < 1.29 is 13.2 Å². The largest absolute Gasteiger partial charge is 0.477 e. The van der Waals surface area contributed by atoms with Crippen LogP contribution in [0.3, 0.4) is 0 Å². The van der Waals surface area contributed by atoms with E-state index in [1.807, 2.05) is 25.1 Å². The number of aromatic amines is 1. The summed E-state index contributed by atoms with van der Waals surface area (Å²) in [5, 5.41) is 4.48. The van der Waals surface area contributed by atoms with Crippen LogP contribution in [0, 0.1) is 0 Å². The first kappa shape index (κ1) is 22.9. The molecule has 33 heavy (non-hydrogen) atoms. The molecule has 0 aliphatic rings. The van der Waals surface area contributed by atoms with Crippen molar-refractivity contribution in [2.75, 3.05) is 6.61 Å². The molecule has 0 spiro atoms. The number of H-pyrrole nitrogens is 1. The fraction of sp³-hybridized carbons (Fsp3) is 0.286. The smallest absolute Gasteiger partial charge is 0.279 e. The third-order valence-corrected chi connectivity index (χ3v) is 6.19. The number of aryl methyl sites for hydroxylation is 1. The highest BCUT2D eigenvalue weighted by Crippen LogP contribution is 2.30. The molecule has 0 radical (unpaired) electrons. The molecule has 0 bridgehead atoms. The minimum absolute atomic E-state index is 0.111. The van der Waals surface area contributed by atoms with Gasteiger partial charge < -0.3 is 9.72 Å². The molecular weight excluding hydrogens is 468 g/mol. The van der Waals surface area contributed by atoms with Crippen LogP contribution >= 0.6 is 10.7 Å². The number of halogens is 1. The molecule has 1 N–H and O–H groups in total. The third-order valence-electron chi connectivity index (χ3n) is 4.87. The van der Waals surface area contributed by atoms with Crippen molar-refractivity contribution in [3.8, 4) is 17.3 Å². The first-order chi connectivity index (χ1) is 15.8. The van der Waals surface area contributed by atoms with Gasteiger partial charge in [-0.05, 0) is 31.5 Å². The predicted molar refractivity (Wildman–Crippen MR) is 123 cm³/mol. The van der Waals surface area contributed by atoms with Crippen molar-refractivity contribution in [2.24, 2.45) is 0 Å². The van der Waals surface area contributed by atoms with Gasteiger partial charge in [0, 0.05) is 16.9 Å². The van der Waals surface area contributed by atoms with Gasteiger partial charge in [0.15, 0.2) is 5.52 Å². The first-order valence-corrected chi connectivity index (χ1v) is 12.6. The van der Waals surface area contributed by atoms with Crippen LogP contribution in [0.2, 0.25) is 0 Å². The summed E-state index contributed by atoms with van der Waals surface area (Å²) in [5.41, 5.74) is 1.92. The average Bonchev–Trinajstić information content (AvgIpc) is 3.12. The van der Waals surface area contributed by atoms with Gasteiger partial charge in [-0.2, -0.15) is 5.10 Å². The Balaban J connectivity index is 1.92. The van der Waals surface area contributed by atoms with Crippen molar-refractivity contribution in [3.63, 3.8) is 0 Å². The maximum Gasteiger partial charge on any atom is 0.279 e. The number of hydrogen-bond donors (Lipinski definition) is 1. The summed E-state index contributed by atoms with van der Waals surface area (Å²) in [6, 6.07) is 6.87. The van der Waals surface area contributed by atoms with Crippen LogP contribution in [0.15, 0.2) is 46.3 Å². The molecule has 12 heteroatoms. The molecule has 0 atom stereocenters. The molecule has 4 aromatic rings. The second-order valence-corrected chi connectivity index (χ2v) is 9.75. The standard InChI is InChI=1S/C21H21ClN6O4S/c1-3-7-16-17-18(27-28(16)12-13-8-5-6-9-23-13)20(29)26-19(25-17)15-10-14(33(22,30)31)11-24-21(15)32-4-2/h5-6,8-11H,3-4,7,12H2,1-2H3,(H,25,26,29). The minimum Gasteiger partial charge on any atom is -0.477 e. The van der Waals surface area contributed by atoms with E-state index in [1.165, 1.54) is 6.07 Å². The Hall–Kier alpha value is -3.31. The van der Waals surface area contributed by atoms with Crippen molar-refractivity contribution >= 4 is 30.8 Å². The molecule has 0 amide bonds. The van der Waals surface area contributed by atoms with Crippen LogP contribution in [0.4, 0.5) is 0 Å². The molecule has 4 aromatic heterocycles. The van der Waals surface area contributed by atoms with Crippen molar-refractivity contribution in [1.82, 2.24) is 29.7 Å². The van der Waals surface area contributed by atoms with Gasteiger partial charge >= 0.3 is 0 Å². The Morgan fingerprint density at radius 3 is 2.67 bits per heavy atom. The Kier molecular flexibility index (Phi) is 6.43. The molecule has 0 saturated carbocycles. The second-order valence-electron chi connectivity index (χ2n) is 7.18. The van der Waals surface area contributed by atoms with Gasteiger partial charge in [-0.15, -0.1) is 0 Å². The number of rotatable bonds is 8. The van der Waals surface area contributed by atoms with E-state index < -0.39 is 14.6 Å². The van der Waals surface area contributed by atoms with Crippen LogP contribution in [0.25, 0.3) is 22.4 Å². The molecule has 172 valence electrons. The third kappa shape index (κ3) is 4.74. The maximum atomic E-state index is 13.0. The Morgan fingerprint density at radius 2 is 2.00 bits per heavy atom. The lowest BCUT2D eigenvalue weighted by atomic mass is 10.2. The fourth-order valence-corrected chi connectivity index (χ4v) is 4.13. The van der Waals surface area contributed by atoms with E-state index in [0.717, 1.165) is 24.0 Å². The lowest BCUT2D eigenvalue weighted by Crippen LogP contribution is -2.11. The Bertz CT molecular complexity index is 1470. The van der Waals surface area contributed by atoms with Crippen LogP contribution in [0.1, 0.15) is 31.7 Å². The van der Waals surface area contributed by atoms with Crippen LogP contribution in [-0.2, 0) is 22.0 Å². The Morgan fingerprint density at radius 1 is 1.18 bits per heavy atom. The second kappa shape index (κ2) is 9.28. The van der Waals surface area contributed by atoms with Crippen molar-refractivity contribution in [3.05, 3.63) is 58.4 Å².